The lowest BCUT2D eigenvalue weighted by atomic mass is 10.1. The Bertz CT molecular complexity index is 249. The highest BCUT2D eigenvalue weighted by Gasteiger charge is 2.10. The second kappa shape index (κ2) is 6.14. The van der Waals surface area contributed by atoms with Gasteiger partial charge >= 0.3 is 0 Å². The van der Waals surface area contributed by atoms with Gasteiger partial charge < -0.3 is 5.32 Å². The maximum atomic E-state index is 3.99. The van der Waals surface area contributed by atoms with Gasteiger partial charge in [0.25, 0.3) is 0 Å². The molecule has 1 aromatic rings. The van der Waals surface area contributed by atoms with Crippen LogP contribution in [0.25, 0.3) is 0 Å². The van der Waals surface area contributed by atoms with Crippen molar-refractivity contribution in [2.75, 3.05) is 5.33 Å². The zero-order valence-electron chi connectivity index (χ0n) is 8.70. The third-order valence-electron chi connectivity index (χ3n) is 2.29. The summed E-state index contributed by atoms with van der Waals surface area (Å²) in [6.45, 7) is 5.37. The highest BCUT2D eigenvalue weighted by atomic mass is 79.9. The number of rotatable bonds is 5. The van der Waals surface area contributed by atoms with Gasteiger partial charge in [-0.05, 0) is 23.6 Å². The standard InChI is InChI=1S/C11H17BrN2/c1-9(2)11(7-12)14-8-10-3-5-13-6-4-10/h3-6,9,11,14H,7-8H2,1-2H3. The molecule has 1 rings (SSSR count). The summed E-state index contributed by atoms with van der Waals surface area (Å²) < 4.78 is 0. The van der Waals surface area contributed by atoms with E-state index in [4.69, 9.17) is 0 Å². The zero-order valence-corrected chi connectivity index (χ0v) is 10.3. The zero-order chi connectivity index (χ0) is 10.4. The Morgan fingerprint density at radius 3 is 2.50 bits per heavy atom. The minimum absolute atomic E-state index is 0.531. The molecule has 1 heterocycles. The van der Waals surface area contributed by atoms with Gasteiger partial charge in [0, 0.05) is 30.3 Å². The number of pyridine rings is 1. The molecule has 1 unspecified atom stereocenters. The summed E-state index contributed by atoms with van der Waals surface area (Å²) in [7, 11) is 0. The molecule has 14 heavy (non-hydrogen) atoms. The van der Waals surface area contributed by atoms with Crippen molar-refractivity contribution in [1.82, 2.24) is 10.3 Å². The second-order valence-corrected chi connectivity index (χ2v) is 4.39. The van der Waals surface area contributed by atoms with Gasteiger partial charge in [-0.3, -0.25) is 4.98 Å². The third kappa shape index (κ3) is 3.76. The molecule has 0 fully saturated rings. The minimum atomic E-state index is 0.531. The van der Waals surface area contributed by atoms with E-state index in [1.165, 1.54) is 5.56 Å². The van der Waals surface area contributed by atoms with Gasteiger partial charge in [-0.15, -0.1) is 0 Å². The number of alkyl halides is 1. The summed E-state index contributed by atoms with van der Waals surface area (Å²) in [5, 5.41) is 4.51. The summed E-state index contributed by atoms with van der Waals surface area (Å²) >= 11 is 3.52. The van der Waals surface area contributed by atoms with E-state index in [-0.39, 0.29) is 0 Å². The van der Waals surface area contributed by atoms with Crippen LogP contribution in [0.1, 0.15) is 19.4 Å². The molecular weight excluding hydrogens is 240 g/mol. The van der Waals surface area contributed by atoms with Crippen molar-refractivity contribution in [1.29, 1.82) is 0 Å². The maximum Gasteiger partial charge on any atom is 0.0271 e. The molecule has 0 aliphatic heterocycles. The monoisotopic (exact) mass is 256 g/mol. The van der Waals surface area contributed by atoms with Gasteiger partial charge in [0.15, 0.2) is 0 Å². The molecule has 1 N–H and O–H groups in total. The van der Waals surface area contributed by atoms with Crippen molar-refractivity contribution in [3.05, 3.63) is 30.1 Å². The highest BCUT2D eigenvalue weighted by molar-refractivity contribution is 9.09. The summed E-state index contributed by atoms with van der Waals surface area (Å²) in [6, 6.07) is 4.61. The Balaban J connectivity index is 2.40. The van der Waals surface area contributed by atoms with Crippen molar-refractivity contribution in [2.24, 2.45) is 5.92 Å². The van der Waals surface area contributed by atoms with Crippen LogP contribution in [0.4, 0.5) is 0 Å². The number of aromatic nitrogens is 1. The quantitative estimate of drug-likeness (QED) is 0.820. The molecule has 0 aliphatic carbocycles. The molecule has 1 atom stereocenters. The van der Waals surface area contributed by atoms with E-state index in [1.54, 1.807) is 0 Å². The summed E-state index contributed by atoms with van der Waals surface area (Å²) in [5.74, 6) is 0.649. The topological polar surface area (TPSA) is 24.9 Å². The van der Waals surface area contributed by atoms with E-state index in [0.29, 0.717) is 12.0 Å². The van der Waals surface area contributed by atoms with Crippen LogP contribution in [0.3, 0.4) is 0 Å². The van der Waals surface area contributed by atoms with E-state index in [9.17, 15) is 0 Å². The van der Waals surface area contributed by atoms with Gasteiger partial charge in [-0.25, -0.2) is 0 Å². The Hall–Kier alpha value is -0.410. The first-order valence-electron chi connectivity index (χ1n) is 4.92. The van der Waals surface area contributed by atoms with Crippen LogP contribution in [0, 0.1) is 5.92 Å². The first kappa shape index (κ1) is 11.7. The highest BCUT2D eigenvalue weighted by Crippen LogP contribution is 2.06. The Morgan fingerprint density at radius 2 is 2.00 bits per heavy atom. The number of hydrogen-bond donors (Lipinski definition) is 1. The van der Waals surface area contributed by atoms with E-state index >= 15 is 0 Å². The fourth-order valence-electron chi connectivity index (χ4n) is 1.22. The summed E-state index contributed by atoms with van der Waals surface area (Å²) in [6.07, 6.45) is 3.66. The molecule has 0 aromatic carbocycles. The fraction of sp³-hybridized carbons (Fsp3) is 0.545. The predicted molar refractivity (Wildman–Crippen MR) is 63.5 cm³/mol. The molecule has 0 saturated carbocycles. The minimum Gasteiger partial charge on any atom is -0.309 e. The van der Waals surface area contributed by atoms with Crippen molar-refractivity contribution in [3.63, 3.8) is 0 Å². The molecule has 1 aromatic heterocycles. The lowest BCUT2D eigenvalue weighted by molar-refractivity contribution is 0.434. The average molecular weight is 257 g/mol. The molecule has 78 valence electrons. The fourth-order valence-corrected chi connectivity index (χ4v) is 2.19. The average Bonchev–Trinajstić information content (AvgIpc) is 2.20. The Morgan fingerprint density at radius 1 is 1.36 bits per heavy atom. The second-order valence-electron chi connectivity index (χ2n) is 3.74. The molecule has 3 heteroatoms. The van der Waals surface area contributed by atoms with Crippen LogP contribution in [0.15, 0.2) is 24.5 Å². The van der Waals surface area contributed by atoms with Crippen LogP contribution in [-0.4, -0.2) is 16.4 Å². The smallest absolute Gasteiger partial charge is 0.0271 e. The third-order valence-corrected chi connectivity index (χ3v) is 2.99. The number of hydrogen-bond acceptors (Lipinski definition) is 2. The predicted octanol–water partition coefficient (Wildman–Crippen LogP) is 2.59. The lowest BCUT2D eigenvalue weighted by Crippen LogP contribution is -2.34. The maximum absolute atomic E-state index is 3.99. The largest absolute Gasteiger partial charge is 0.309 e. The normalized spacial score (nSPS) is 13.1. The summed E-state index contributed by atoms with van der Waals surface area (Å²) in [5.41, 5.74) is 1.28. The van der Waals surface area contributed by atoms with Crippen LogP contribution in [0.2, 0.25) is 0 Å². The molecule has 0 saturated heterocycles. The molecule has 0 radical (unpaired) electrons. The molecular formula is C11H17BrN2. The Kier molecular flexibility index (Phi) is 5.12. The van der Waals surface area contributed by atoms with Gasteiger partial charge in [0.2, 0.25) is 0 Å². The molecule has 2 nitrogen and oxygen atoms in total. The van der Waals surface area contributed by atoms with Crippen molar-refractivity contribution < 1.29 is 0 Å². The first-order valence-corrected chi connectivity index (χ1v) is 6.04. The van der Waals surface area contributed by atoms with Crippen LogP contribution in [0.5, 0.6) is 0 Å². The molecule has 0 spiro atoms. The van der Waals surface area contributed by atoms with E-state index in [2.05, 4.69) is 40.1 Å². The van der Waals surface area contributed by atoms with Crippen molar-refractivity contribution in [2.45, 2.75) is 26.4 Å². The van der Waals surface area contributed by atoms with Gasteiger partial charge in [0.05, 0.1) is 0 Å². The van der Waals surface area contributed by atoms with Gasteiger partial charge in [-0.1, -0.05) is 29.8 Å². The SMILES string of the molecule is CC(C)C(CBr)NCc1ccncc1. The molecule has 0 amide bonds. The van der Waals surface area contributed by atoms with Crippen LogP contribution >= 0.6 is 15.9 Å². The van der Waals surface area contributed by atoms with Gasteiger partial charge in [0.1, 0.15) is 0 Å². The Labute approximate surface area is 94.3 Å². The van der Waals surface area contributed by atoms with Crippen LogP contribution in [-0.2, 0) is 6.54 Å². The van der Waals surface area contributed by atoms with E-state index in [1.807, 2.05) is 24.5 Å². The number of halogens is 1. The first-order chi connectivity index (χ1) is 6.74. The molecule has 0 bridgehead atoms. The van der Waals surface area contributed by atoms with Gasteiger partial charge in [-0.2, -0.15) is 0 Å². The van der Waals surface area contributed by atoms with E-state index < -0.39 is 0 Å². The van der Waals surface area contributed by atoms with Crippen molar-refractivity contribution >= 4 is 15.9 Å². The summed E-state index contributed by atoms with van der Waals surface area (Å²) in [4.78, 5) is 3.99. The number of nitrogens with zero attached hydrogens (tertiary/aromatic N) is 1. The lowest BCUT2D eigenvalue weighted by Gasteiger charge is -2.19. The van der Waals surface area contributed by atoms with E-state index in [0.717, 1.165) is 11.9 Å². The van der Waals surface area contributed by atoms with Crippen molar-refractivity contribution in [3.8, 4) is 0 Å². The van der Waals surface area contributed by atoms with Crippen LogP contribution < -0.4 is 5.32 Å². The number of nitrogens with one attached hydrogen (secondary N) is 1. The molecule has 0 aliphatic rings.